The molecule has 2 heterocycles. The van der Waals surface area contributed by atoms with Crippen molar-refractivity contribution in [1.29, 1.82) is 0 Å². The molecule has 8 heteroatoms. The molecule has 0 atom stereocenters. The number of anilines is 1. The monoisotopic (exact) mass is 379 g/mol. The molecule has 0 radical (unpaired) electrons. The molecule has 1 amide bonds. The van der Waals surface area contributed by atoms with Gasteiger partial charge in [-0.25, -0.2) is 0 Å². The molecule has 4 aromatic rings. The van der Waals surface area contributed by atoms with Crippen molar-refractivity contribution in [3.8, 4) is 16.3 Å². The van der Waals surface area contributed by atoms with Crippen LogP contribution in [-0.2, 0) is 0 Å². The molecule has 0 spiro atoms. The predicted octanol–water partition coefficient (Wildman–Crippen LogP) is 3.89. The van der Waals surface area contributed by atoms with Gasteiger partial charge in [0.1, 0.15) is 17.1 Å². The largest absolute Gasteiger partial charge is 0.494 e. The second kappa shape index (κ2) is 7.55. The van der Waals surface area contributed by atoms with E-state index in [4.69, 9.17) is 4.74 Å². The number of aromatic nitrogens is 4. The van der Waals surface area contributed by atoms with Crippen LogP contribution in [-0.4, -0.2) is 32.3 Å². The van der Waals surface area contributed by atoms with Crippen LogP contribution in [0.5, 0.6) is 5.75 Å². The highest BCUT2D eigenvalue weighted by Gasteiger charge is 2.11. The zero-order valence-electron chi connectivity index (χ0n) is 14.6. The normalized spacial score (nSPS) is 10.9. The van der Waals surface area contributed by atoms with Gasteiger partial charge in [0.25, 0.3) is 5.91 Å². The Bertz CT molecular complexity index is 1060. The molecule has 0 aliphatic rings. The van der Waals surface area contributed by atoms with E-state index in [1.165, 1.54) is 11.3 Å². The van der Waals surface area contributed by atoms with Gasteiger partial charge in [0.2, 0.25) is 4.96 Å². The van der Waals surface area contributed by atoms with Gasteiger partial charge in [-0.15, -0.1) is 10.2 Å². The molecule has 2 aromatic heterocycles. The summed E-state index contributed by atoms with van der Waals surface area (Å²) < 4.78 is 7.23. The van der Waals surface area contributed by atoms with E-state index < -0.39 is 0 Å². The summed E-state index contributed by atoms with van der Waals surface area (Å²) in [6.07, 6.45) is 2.48. The minimum Gasteiger partial charge on any atom is -0.494 e. The number of benzene rings is 2. The summed E-state index contributed by atoms with van der Waals surface area (Å²) in [5.74, 6) is 0.505. The minimum absolute atomic E-state index is 0.188. The second-order valence-electron chi connectivity index (χ2n) is 5.88. The number of fused-ring (bicyclic) bond motifs is 1. The first kappa shape index (κ1) is 17.2. The van der Waals surface area contributed by atoms with Crippen LogP contribution in [0.4, 0.5) is 5.69 Å². The third kappa shape index (κ3) is 3.80. The van der Waals surface area contributed by atoms with E-state index in [1.807, 2.05) is 43.3 Å². The average molecular weight is 379 g/mol. The maximum atomic E-state index is 12.6. The van der Waals surface area contributed by atoms with Crippen molar-refractivity contribution in [2.75, 3.05) is 11.9 Å². The molecule has 1 N–H and O–H groups in total. The Morgan fingerprint density at radius 3 is 2.96 bits per heavy atom. The van der Waals surface area contributed by atoms with Gasteiger partial charge in [-0.3, -0.25) is 4.79 Å². The summed E-state index contributed by atoms with van der Waals surface area (Å²) in [7, 11) is 0. The second-order valence-corrected chi connectivity index (χ2v) is 6.83. The molecule has 0 saturated heterocycles. The fraction of sp³-hybridized carbons (Fsp3) is 0.158. The summed E-state index contributed by atoms with van der Waals surface area (Å²) >= 11 is 1.44. The molecule has 136 valence electrons. The molecule has 7 nitrogen and oxygen atoms in total. The molecular weight excluding hydrogens is 362 g/mol. The average Bonchev–Trinajstić information content (AvgIpc) is 3.29. The smallest absolute Gasteiger partial charge is 0.255 e. The standard InChI is InChI=1S/C19H17N5O2S/c1-2-9-26-16-8-4-5-13(11-16)17(25)21-15-7-3-6-14(10-15)18-23-24-12-20-22-19(24)27-18/h3-8,10-12H,2,9H2,1H3,(H,21,25). The van der Waals surface area contributed by atoms with Gasteiger partial charge in [0, 0.05) is 16.8 Å². The van der Waals surface area contributed by atoms with Crippen LogP contribution in [0.15, 0.2) is 54.9 Å². The number of rotatable bonds is 6. The number of hydrogen-bond donors (Lipinski definition) is 1. The topological polar surface area (TPSA) is 81.4 Å². The van der Waals surface area contributed by atoms with E-state index >= 15 is 0 Å². The SMILES string of the molecule is CCCOc1cccc(C(=O)Nc2cccc(-c3nn4cnnc4s3)c2)c1. The van der Waals surface area contributed by atoms with E-state index in [-0.39, 0.29) is 5.91 Å². The lowest BCUT2D eigenvalue weighted by atomic mass is 10.1. The Balaban J connectivity index is 1.52. The van der Waals surface area contributed by atoms with Crippen molar-refractivity contribution in [2.45, 2.75) is 13.3 Å². The van der Waals surface area contributed by atoms with E-state index in [0.717, 1.165) is 22.0 Å². The Morgan fingerprint density at radius 2 is 2.11 bits per heavy atom. The first-order valence-electron chi connectivity index (χ1n) is 8.54. The quantitative estimate of drug-likeness (QED) is 0.550. The van der Waals surface area contributed by atoms with E-state index in [1.54, 1.807) is 23.0 Å². The Hall–Kier alpha value is -3.26. The van der Waals surface area contributed by atoms with Crippen molar-refractivity contribution >= 4 is 27.9 Å². The summed E-state index contributed by atoms with van der Waals surface area (Å²) in [5, 5.41) is 16.0. The van der Waals surface area contributed by atoms with Crippen LogP contribution in [0.1, 0.15) is 23.7 Å². The molecule has 0 unspecified atom stereocenters. The Morgan fingerprint density at radius 1 is 1.22 bits per heavy atom. The molecule has 4 rings (SSSR count). The lowest BCUT2D eigenvalue weighted by molar-refractivity contribution is 0.102. The van der Waals surface area contributed by atoms with Crippen LogP contribution in [0.3, 0.4) is 0 Å². The van der Waals surface area contributed by atoms with Crippen molar-refractivity contribution in [3.05, 3.63) is 60.4 Å². The van der Waals surface area contributed by atoms with Crippen LogP contribution < -0.4 is 10.1 Å². The van der Waals surface area contributed by atoms with Gasteiger partial charge >= 0.3 is 0 Å². The van der Waals surface area contributed by atoms with Gasteiger partial charge in [-0.1, -0.05) is 36.5 Å². The molecule has 2 aromatic carbocycles. The molecule has 0 bridgehead atoms. The molecular formula is C19H17N5O2S. The molecule has 0 aliphatic carbocycles. The number of carbonyl (C=O) groups is 1. The van der Waals surface area contributed by atoms with Crippen molar-refractivity contribution in [2.24, 2.45) is 0 Å². The first-order valence-corrected chi connectivity index (χ1v) is 9.36. The number of nitrogens with zero attached hydrogens (tertiary/aromatic N) is 4. The lowest BCUT2D eigenvalue weighted by Crippen LogP contribution is -2.12. The predicted molar refractivity (Wildman–Crippen MR) is 104 cm³/mol. The van der Waals surface area contributed by atoms with Crippen molar-refractivity contribution < 1.29 is 9.53 Å². The highest BCUT2D eigenvalue weighted by atomic mass is 32.1. The number of amides is 1. The highest BCUT2D eigenvalue weighted by Crippen LogP contribution is 2.27. The minimum atomic E-state index is -0.188. The van der Waals surface area contributed by atoms with Crippen molar-refractivity contribution in [3.63, 3.8) is 0 Å². The van der Waals surface area contributed by atoms with Gasteiger partial charge in [-0.2, -0.15) is 9.61 Å². The van der Waals surface area contributed by atoms with Crippen LogP contribution >= 0.6 is 11.3 Å². The maximum absolute atomic E-state index is 12.6. The fourth-order valence-electron chi connectivity index (χ4n) is 2.56. The number of carbonyl (C=O) groups excluding carboxylic acids is 1. The zero-order valence-corrected chi connectivity index (χ0v) is 15.4. The zero-order chi connectivity index (χ0) is 18.6. The third-order valence-corrected chi connectivity index (χ3v) is 4.79. The number of hydrogen-bond acceptors (Lipinski definition) is 6. The summed E-state index contributed by atoms with van der Waals surface area (Å²) in [5.41, 5.74) is 2.15. The van der Waals surface area contributed by atoms with E-state index in [9.17, 15) is 4.79 Å². The van der Waals surface area contributed by atoms with Crippen LogP contribution in [0.25, 0.3) is 15.5 Å². The Labute approximate surface area is 159 Å². The summed E-state index contributed by atoms with van der Waals surface area (Å²) in [4.78, 5) is 13.3. The molecule has 27 heavy (non-hydrogen) atoms. The summed E-state index contributed by atoms with van der Waals surface area (Å²) in [6.45, 7) is 2.67. The maximum Gasteiger partial charge on any atom is 0.255 e. The molecule has 0 saturated carbocycles. The number of nitrogens with one attached hydrogen (secondary N) is 1. The van der Waals surface area contributed by atoms with Gasteiger partial charge in [-0.05, 0) is 36.8 Å². The number of ether oxygens (including phenoxy) is 1. The van der Waals surface area contributed by atoms with E-state index in [0.29, 0.717) is 23.6 Å². The van der Waals surface area contributed by atoms with E-state index in [2.05, 4.69) is 20.6 Å². The Kier molecular flexibility index (Phi) is 4.80. The third-order valence-electron chi connectivity index (χ3n) is 3.82. The highest BCUT2D eigenvalue weighted by molar-refractivity contribution is 7.19. The fourth-order valence-corrected chi connectivity index (χ4v) is 3.37. The van der Waals surface area contributed by atoms with Gasteiger partial charge < -0.3 is 10.1 Å². The van der Waals surface area contributed by atoms with Crippen LogP contribution in [0, 0.1) is 0 Å². The van der Waals surface area contributed by atoms with Gasteiger partial charge in [0.05, 0.1) is 6.61 Å². The van der Waals surface area contributed by atoms with Gasteiger partial charge in [0.15, 0.2) is 0 Å². The lowest BCUT2D eigenvalue weighted by Gasteiger charge is -2.09. The van der Waals surface area contributed by atoms with Crippen LogP contribution in [0.2, 0.25) is 0 Å². The molecule has 0 aliphatic heterocycles. The first-order chi connectivity index (χ1) is 13.2. The molecule has 0 fully saturated rings. The van der Waals surface area contributed by atoms with Crippen molar-refractivity contribution in [1.82, 2.24) is 19.8 Å². The summed E-state index contributed by atoms with van der Waals surface area (Å²) in [6, 6.07) is 14.7.